The highest BCUT2D eigenvalue weighted by molar-refractivity contribution is 6.04. The average molecular weight is 482 g/mol. The molecule has 0 aliphatic heterocycles. The van der Waals surface area contributed by atoms with Crippen molar-refractivity contribution in [1.29, 1.82) is 0 Å². The molecule has 0 spiro atoms. The molecule has 0 radical (unpaired) electrons. The molecule has 0 bridgehead atoms. The summed E-state index contributed by atoms with van der Waals surface area (Å²) in [6.07, 6.45) is 2.77. The van der Waals surface area contributed by atoms with Crippen LogP contribution in [0.25, 0.3) is 0 Å². The maximum absolute atomic E-state index is 13.0. The molecule has 3 rings (SSSR count). The topological polar surface area (TPSA) is 90.9 Å². The number of nitrogens with one attached hydrogen (secondary N) is 1. The number of esters is 2. The lowest BCUT2D eigenvalue weighted by atomic mass is 9.75. The highest BCUT2D eigenvalue weighted by Crippen LogP contribution is 2.35. The minimum atomic E-state index is -0.753. The fraction of sp³-hybridized carbons (Fsp3) is 0.464. The summed E-state index contributed by atoms with van der Waals surface area (Å²) in [4.78, 5) is 38.0. The van der Waals surface area contributed by atoms with E-state index in [4.69, 9.17) is 14.2 Å². The van der Waals surface area contributed by atoms with Crippen LogP contribution in [0.4, 0.5) is 5.69 Å². The van der Waals surface area contributed by atoms with Gasteiger partial charge in [-0.15, -0.1) is 0 Å². The number of ether oxygens (including phenoxy) is 3. The van der Waals surface area contributed by atoms with Gasteiger partial charge in [0.2, 0.25) is 0 Å². The first-order valence-corrected chi connectivity index (χ1v) is 12.3. The molecule has 1 amide bonds. The van der Waals surface area contributed by atoms with Crippen LogP contribution in [0.3, 0.4) is 0 Å². The van der Waals surface area contributed by atoms with Crippen LogP contribution in [0, 0.1) is 17.8 Å². The van der Waals surface area contributed by atoms with Gasteiger partial charge in [-0.2, -0.15) is 0 Å². The van der Waals surface area contributed by atoms with Crippen LogP contribution in [0.15, 0.2) is 48.5 Å². The van der Waals surface area contributed by atoms with E-state index in [1.165, 1.54) is 6.07 Å². The number of hydrogen-bond acceptors (Lipinski definition) is 6. The van der Waals surface area contributed by atoms with Gasteiger partial charge in [0.05, 0.1) is 17.7 Å². The molecule has 188 valence electrons. The SMILES string of the molecule is CCOc1ccc(NC(=O)COC(=O)c2ccccc2C(=O)O[C@@H]2C[C@H](C)CC[C@@H]2C(C)C)cc1. The quantitative estimate of drug-likeness (QED) is 0.476. The molecule has 1 aliphatic carbocycles. The van der Waals surface area contributed by atoms with Crippen molar-refractivity contribution >= 4 is 23.5 Å². The molecule has 7 heteroatoms. The van der Waals surface area contributed by atoms with E-state index < -0.39 is 24.5 Å². The number of carbonyl (C=O) groups is 3. The Labute approximate surface area is 207 Å². The van der Waals surface area contributed by atoms with Gasteiger partial charge in [0.1, 0.15) is 11.9 Å². The molecule has 0 saturated heterocycles. The van der Waals surface area contributed by atoms with Gasteiger partial charge in [-0.1, -0.05) is 39.3 Å². The second kappa shape index (κ2) is 12.4. The Morgan fingerprint density at radius 2 is 1.63 bits per heavy atom. The molecule has 1 saturated carbocycles. The van der Waals surface area contributed by atoms with Crippen LogP contribution in [0.5, 0.6) is 5.75 Å². The van der Waals surface area contributed by atoms with Gasteiger partial charge in [-0.3, -0.25) is 4.79 Å². The Morgan fingerprint density at radius 3 is 2.26 bits per heavy atom. The third-order valence-corrected chi connectivity index (χ3v) is 6.37. The summed E-state index contributed by atoms with van der Waals surface area (Å²) in [6.45, 7) is 8.41. The van der Waals surface area contributed by atoms with Gasteiger partial charge in [0, 0.05) is 5.69 Å². The number of hydrogen-bond donors (Lipinski definition) is 1. The van der Waals surface area contributed by atoms with Gasteiger partial charge in [-0.05, 0) is 73.9 Å². The minimum Gasteiger partial charge on any atom is -0.494 e. The van der Waals surface area contributed by atoms with Gasteiger partial charge in [0.25, 0.3) is 5.91 Å². The molecular weight excluding hydrogens is 446 g/mol. The molecular formula is C28H35NO6. The normalized spacial score (nSPS) is 19.6. The summed E-state index contributed by atoms with van der Waals surface area (Å²) in [6, 6.07) is 13.3. The van der Waals surface area contributed by atoms with E-state index in [9.17, 15) is 14.4 Å². The van der Waals surface area contributed by atoms with Crippen LogP contribution < -0.4 is 10.1 Å². The van der Waals surface area contributed by atoms with E-state index in [0.29, 0.717) is 35.8 Å². The lowest BCUT2D eigenvalue weighted by molar-refractivity contribution is -0.119. The number of rotatable bonds is 9. The minimum absolute atomic E-state index is 0.0799. The van der Waals surface area contributed by atoms with E-state index in [-0.39, 0.29) is 17.2 Å². The Hall–Kier alpha value is -3.35. The highest BCUT2D eigenvalue weighted by Gasteiger charge is 2.34. The fourth-order valence-corrected chi connectivity index (χ4v) is 4.50. The lowest BCUT2D eigenvalue weighted by Crippen LogP contribution is -2.36. The Kier molecular flexibility index (Phi) is 9.29. The largest absolute Gasteiger partial charge is 0.494 e. The highest BCUT2D eigenvalue weighted by atomic mass is 16.5. The molecule has 3 atom stereocenters. The van der Waals surface area contributed by atoms with Crippen molar-refractivity contribution in [3.05, 3.63) is 59.7 Å². The summed E-state index contributed by atoms with van der Waals surface area (Å²) in [5, 5.41) is 2.67. The van der Waals surface area contributed by atoms with E-state index in [0.717, 1.165) is 19.3 Å². The summed E-state index contributed by atoms with van der Waals surface area (Å²) in [5.41, 5.74) is 0.779. The van der Waals surface area contributed by atoms with Crippen LogP contribution in [-0.4, -0.2) is 37.2 Å². The summed E-state index contributed by atoms with van der Waals surface area (Å²) in [5.74, 6) is 0.0890. The van der Waals surface area contributed by atoms with E-state index in [1.54, 1.807) is 42.5 Å². The zero-order chi connectivity index (χ0) is 25.4. The second-order valence-electron chi connectivity index (χ2n) is 9.40. The summed E-state index contributed by atoms with van der Waals surface area (Å²) in [7, 11) is 0. The smallest absolute Gasteiger partial charge is 0.339 e. The first-order valence-electron chi connectivity index (χ1n) is 12.3. The maximum Gasteiger partial charge on any atom is 0.339 e. The number of anilines is 1. The van der Waals surface area contributed by atoms with Crippen molar-refractivity contribution in [1.82, 2.24) is 0 Å². The van der Waals surface area contributed by atoms with Crippen molar-refractivity contribution in [2.24, 2.45) is 17.8 Å². The first kappa shape index (κ1) is 26.3. The fourth-order valence-electron chi connectivity index (χ4n) is 4.50. The predicted molar refractivity (Wildman–Crippen MR) is 134 cm³/mol. The van der Waals surface area contributed by atoms with E-state index in [1.807, 2.05) is 6.92 Å². The molecule has 0 aromatic heterocycles. The molecule has 2 aromatic rings. The molecule has 1 N–H and O–H groups in total. The third-order valence-electron chi connectivity index (χ3n) is 6.37. The number of amides is 1. The molecule has 1 fully saturated rings. The molecule has 7 nitrogen and oxygen atoms in total. The summed E-state index contributed by atoms with van der Waals surface area (Å²) < 4.78 is 16.5. The Balaban J connectivity index is 1.60. The molecule has 1 aliphatic rings. The van der Waals surface area contributed by atoms with Crippen molar-refractivity contribution < 1.29 is 28.6 Å². The zero-order valence-corrected chi connectivity index (χ0v) is 20.9. The molecule has 2 aromatic carbocycles. The summed E-state index contributed by atoms with van der Waals surface area (Å²) >= 11 is 0. The number of benzene rings is 2. The van der Waals surface area contributed by atoms with Gasteiger partial charge in [-0.25, -0.2) is 9.59 Å². The Bertz CT molecular complexity index is 1020. The van der Waals surface area contributed by atoms with Crippen LogP contribution in [0.1, 0.15) is 67.7 Å². The van der Waals surface area contributed by atoms with Gasteiger partial charge < -0.3 is 19.5 Å². The van der Waals surface area contributed by atoms with Crippen LogP contribution in [0.2, 0.25) is 0 Å². The van der Waals surface area contributed by atoms with Crippen molar-refractivity contribution in [3.8, 4) is 5.75 Å². The van der Waals surface area contributed by atoms with Crippen LogP contribution >= 0.6 is 0 Å². The molecule has 0 unspecified atom stereocenters. The molecule has 0 heterocycles. The van der Waals surface area contributed by atoms with E-state index in [2.05, 4.69) is 26.1 Å². The monoisotopic (exact) mass is 481 g/mol. The van der Waals surface area contributed by atoms with Crippen molar-refractivity contribution in [2.75, 3.05) is 18.5 Å². The lowest BCUT2D eigenvalue weighted by Gasteiger charge is -2.36. The van der Waals surface area contributed by atoms with E-state index >= 15 is 0 Å². The first-order chi connectivity index (χ1) is 16.8. The molecule has 35 heavy (non-hydrogen) atoms. The zero-order valence-electron chi connectivity index (χ0n) is 20.9. The van der Waals surface area contributed by atoms with Gasteiger partial charge in [0.15, 0.2) is 6.61 Å². The number of carbonyl (C=O) groups excluding carboxylic acids is 3. The predicted octanol–water partition coefficient (Wildman–Crippen LogP) is 5.50. The maximum atomic E-state index is 13.0. The van der Waals surface area contributed by atoms with Crippen molar-refractivity contribution in [3.63, 3.8) is 0 Å². The van der Waals surface area contributed by atoms with Crippen molar-refractivity contribution in [2.45, 2.75) is 53.1 Å². The second-order valence-corrected chi connectivity index (χ2v) is 9.40. The van der Waals surface area contributed by atoms with Crippen LogP contribution in [-0.2, 0) is 14.3 Å². The standard InChI is InChI=1S/C28H35NO6/c1-5-33-21-13-11-20(12-14-21)29-26(30)17-34-27(31)23-8-6-7-9-24(23)28(32)35-25-16-19(4)10-15-22(25)18(2)3/h6-9,11-14,18-19,22,25H,5,10,15-17H2,1-4H3,(H,29,30)/t19-,22-,25-/m1/s1. The Morgan fingerprint density at radius 1 is 0.971 bits per heavy atom. The van der Waals surface area contributed by atoms with Gasteiger partial charge >= 0.3 is 11.9 Å². The average Bonchev–Trinajstić information content (AvgIpc) is 2.83. The third kappa shape index (κ3) is 7.31.